The van der Waals surface area contributed by atoms with Gasteiger partial charge in [-0.15, -0.1) is 11.8 Å². The number of non-ortho nitro benzene ring substituents is 1. The highest BCUT2D eigenvalue weighted by atomic mass is 32.2. The van der Waals surface area contributed by atoms with Crippen LogP contribution in [0.5, 0.6) is 5.75 Å². The van der Waals surface area contributed by atoms with E-state index in [1.807, 2.05) is 54.6 Å². The molecule has 0 spiro atoms. The molecule has 0 aromatic heterocycles. The molecule has 0 saturated carbocycles. The van der Waals surface area contributed by atoms with Crippen LogP contribution in [0.15, 0.2) is 115 Å². The Kier molecular flexibility index (Phi) is 6.86. The van der Waals surface area contributed by atoms with Gasteiger partial charge in [0, 0.05) is 12.1 Å². The summed E-state index contributed by atoms with van der Waals surface area (Å²) >= 11 is 1.48. The average molecular weight is 456 g/mol. The van der Waals surface area contributed by atoms with Crippen molar-refractivity contribution >= 4 is 23.4 Å². The van der Waals surface area contributed by atoms with Crippen LogP contribution in [0.2, 0.25) is 0 Å². The van der Waals surface area contributed by atoms with Crippen molar-refractivity contribution in [3.05, 3.63) is 142 Å². The molecular formula is C27H21NO4S. The molecule has 0 N–H and O–H groups in total. The number of hydrogen-bond acceptors (Lipinski definition) is 5. The van der Waals surface area contributed by atoms with E-state index < -0.39 is 15.6 Å². The van der Waals surface area contributed by atoms with Crippen LogP contribution in [-0.4, -0.2) is 16.6 Å². The average Bonchev–Trinajstić information content (AvgIpc) is 2.87. The highest BCUT2D eigenvalue weighted by molar-refractivity contribution is 8.01. The quantitative estimate of drug-likeness (QED) is 0.104. The zero-order chi connectivity index (χ0) is 23.1. The molecule has 6 heteroatoms. The molecule has 0 radical (unpaired) electrons. The Morgan fingerprint density at radius 3 is 1.55 bits per heavy atom. The summed E-state index contributed by atoms with van der Waals surface area (Å²) in [7, 11) is 0. The van der Waals surface area contributed by atoms with Crippen LogP contribution in [0.4, 0.5) is 5.69 Å². The van der Waals surface area contributed by atoms with E-state index in [2.05, 4.69) is 36.4 Å². The standard InChI is InChI=1S/C27H21NO4S/c29-26(32-25-18-16-24(17-19-25)28(30)31)20-33-27(21-10-4-1-5-11-21,22-12-6-2-7-13-22)23-14-8-3-9-15-23/h1-19H,20H2. The van der Waals surface area contributed by atoms with Crippen LogP contribution >= 0.6 is 11.8 Å². The molecule has 33 heavy (non-hydrogen) atoms. The van der Waals surface area contributed by atoms with Crippen molar-refractivity contribution in [3.63, 3.8) is 0 Å². The number of rotatable bonds is 8. The number of nitro benzene ring substituents is 1. The highest BCUT2D eigenvalue weighted by Crippen LogP contribution is 2.48. The fourth-order valence-electron chi connectivity index (χ4n) is 3.73. The van der Waals surface area contributed by atoms with Crippen LogP contribution in [0.1, 0.15) is 16.7 Å². The number of carbonyl (C=O) groups excluding carboxylic acids is 1. The van der Waals surface area contributed by atoms with Crippen LogP contribution in [0.3, 0.4) is 0 Å². The lowest BCUT2D eigenvalue weighted by Crippen LogP contribution is -2.28. The fraction of sp³-hybridized carbons (Fsp3) is 0.0741. The number of carbonyl (C=O) groups is 1. The van der Waals surface area contributed by atoms with Crippen molar-refractivity contribution in [3.8, 4) is 5.75 Å². The zero-order valence-electron chi connectivity index (χ0n) is 17.7. The van der Waals surface area contributed by atoms with E-state index in [-0.39, 0.29) is 17.2 Å². The summed E-state index contributed by atoms with van der Waals surface area (Å²) < 4.78 is 4.84. The van der Waals surface area contributed by atoms with Gasteiger partial charge in [0.05, 0.1) is 15.4 Å². The smallest absolute Gasteiger partial charge is 0.321 e. The predicted octanol–water partition coefficient (Wildman–Crippen LogP) is 6.23. The van der Waals surface area contributed by atoms with Gasteiger partial charge in [0.15, 0.2) is 0 Å². The molecule has 0 aliphatic rings. The van der Waals surface area contributed by atoms with E-state index in [0.29, 0.717) is 0 Å². The molecule has 0 aliphatic heterocycles. The van der Waals surface area contributed by atoms with E-state index in [4.69, 9.17) is 4.74 Å². The summed E-state index contributed by atoms with van der Waals surface area (Å²) in [5, 5.41) is 10.8. The van der Waals surface area contributed by atoms with Crippen molar-refractivity contribution in [1.29, 1.82) is 0 Å². The second kappa shape index (κ2) is 10.1. The third-order valence-electron chi connectivity index (χ3n) is 5.23. The first kappa shape index (κ1) is 22.3. The van der Waals surface area contributed by atoms with Gasteiger partial charge in [0.2, 0.25) is 0 Å². The van der Waals surface area contributed by atoms with E-state index >= 15 is 0 Å². The molecule has 0 atom stereocenters. The van der Waals surface area contributed by atoms with Crippen molar-refractivity contribution < 1.29 is 14.5 Å². The Balaban J connectivity index is 1.67. The fourth-order valence-corrected chi connectivity index (χ4v) is 5.03. The third kappa shape index (κ3) is 4.96. The maximum atomic E-state index is 12.8. The predicted molar refractivity (Wildman–Crippen MR) is 130 cm³/mol. The van der Waals surface area contributed by atoms with Gasteiger partial charge < -0.3 is 4.74 Å². The minimum Gasteiger partial charge on any atom is -0.426 e. The minimum atomic E-state index is -0.627. The second-order valence-electron chi connectivity index (χ2n) is 7.29. The maximum absolute atomic E-state index is 12.8. The molecule has 164 valence electrons. The molecular weight excluding hydrogens is 434 g/mol. The number of benzene rings is 4. The second-order valence-corrected chi connectivity index (χ2v) is 8.48. The van der Waals surface area contributed by atoms with Crippen LogP contribution in [0.25, 0.3) is 0 Å². The van der Waals surface area contributed by atoms with E-state index in [9.17, 15) is 14.9 Å². The lowest BCUT2D eigenvalue weighted by atomic mass is 9.84. The first-order valence-electron chi connectivity index (χ1n) is 10.4. The lowest BCUT2D eigenvalue weighted by Gasteiger charge is -2.35. The first-order valence-corrected chi connectivity index (χ1v) is 11.3. The SMILES string of the molecule is O=C(CSC(c1ccccc1)(c1ccccc1)c1ccccc1)Oc1ccc([N+](=O)[O-])cc1. The summed E-state index contributed by atoms with van der Waals surface area (Å²) in [5.74, 6) is -0.0766. The van der Waals surface area contributed by atoms with Gasteiger partial charge in [0.1, 0.15) is 5.75 Å². The van der Waals surface area contributed by atoms with Crippen molar-refractivity contribution in [2.24, 2.45) is 0 Å². The van der Waals surface area contributed by atoms with Gasteiger partial charge in [-0.3, -0.25) is 14.9 Å². The molecule has 4 rings (SSSR count). The summed E-state index contributed by atoms with van der Waals surface area (Å²) in [6.45, 7) is 0. The first-order chi connectivity index (χ1) is 16.1. The summed E-state index contributed by atoms with van der Waals surface area (Å²) in [5.41, 5.74) is 3.10. The summed E-state index contributed by atoms with van der Waals surface area (Å²) in [6.07, 6.45) is 0. The number of nitrogens with zero attached hydrogens (tertiary/aromatic N) is 1. The highest BCUT2D eigenvalue weighted by Gasteiger charge is 2.37. The van der Waals surface area contributed by atoms with E-state index in [0.717, 1.165) is 16.7 Å². The molecule has 4 aromatic carbocycles. The van der Waals surface area contributed by atoms with Crippen LogP contribution < -0.4 is 4.74 Å². The zero-order valence-corrected chi connectivity index (χ0v) is 18.5. The molecule has 0 amide bonds. The van der Waals surface area contributed by atoms with Crippen LogP contribution in [-0.2, 0) is 9.54 Å². The Hall–Kier alpha value is -3.90. The maximum Gasteiger partial charge on any atom is 0.321 e. The van der Waals surface area contributed by atoms with Crippen molar-refractivity contribution in [2.75, 3.05) is 5.75 Å². The Morgan fingerprint density at radius 1 is 0.727 bits per heavy atom. The molecule has 5 nitrogen and oxygen atoms in total. The topological polar surface area (TPSA) is 69.4 Å². The van der Waals surface area contributed by atoms with Crippen molar-refractivity contribution in [1.82, 2.24) is 0 Å². The Labute approximate surface area is 196 Å². The molecule has 0 heterocycles. The Bertz CT molecular complexity index is 1120. The normalized spacial score (nSPS) is 11.0. The minimum absolute atomic E-state index is 0.0552. The third-order valence-corrected chi connectivity index (χ3v) is 6.75. The summed E-state index contributed by atoms with van der Waals surface area (Å²) in [4.78, 5) is 23.2. The van der Waals surface area contributed by atoms with E-state index in [1.165, 1.54) is 36.0 Å². The van der Waals surface area contributed by atoms with Crippen LogP contribution in [0, 0.1) is 10.1 Å². The lowest BCUT2D eigenvalue weighted by molar-refractivity contribution is -0.384. The summed E-state index contributed by atoms with van der Waals surface area (Å²) in [6, 6.07) is 35.7. The van der Waals surface area contributed by atoms with Gasteiger partial charge in [0.25, 0.3) is 5.69 Å². The van der Waals surface area contributed by atoms with E-state index in [1.54, 1.807) is 0 Å². The number of hydrogen-bond donors (Lipinski definition) is 0. The van der Waals surface area contributed by atoms with Gasteiger partial charge in [-0.1, -0.05) is 91.0 Å². The monoisotopic (exact) mass is 455 g/mol. The molecule has 4 aromatic rings. The van der Waals surface area contributed by atoms with Gasteiger partial charge >= 0.3 is 5.97 Å². The number of thioether (sulfide) groups is 1. The molecule has 0 unspecified atom stereocenters. The Morgan fingerprint density at radius 2 is 1.15 bits per heavy atom. The largest absolute Gasteiger partial charge is 0.426 e. The van der Waals surface area contributed by atoms with Gasteiger partial charge in [-0.05, 0) is 28.8 Å². The number of nitro groups is 1. The van der Waals surface area contributed by atoms with Gasteiger partial charge in [-0.2, -0.15) is 0 Å². The molecule has 0 fully saturated rings. The number of ether oxygens (including phenoxy) is 1. The van der Waals surface area contributed by atoms with Crippen molar-refractivity contribution in [2.45, 2.75) is 4.75 Å². The number of esters is 1. The van der Waals surface area contributed by atoms with Gasteiger partial charge in [-0.25, -0.2) is 0 Å². The molecule has 0 bridgehead atoms. The molecule has 0 aliphatic carbocycles. The molecule has 0 saturated heterocycles.